The first kappa shape index (κ1) is 11.4. The molecule has 2 heterocycles. The van der Waals surface area contributed by atoms with Gasteiger partial charge in [-0.15, -0.1) is 0 Å². The molecule has 0 saturated carbocycles. The van der Waals surface area contributed by atoms with Crippen LogP contribution >= 0.6 is 11.6 Å². The Morgan fingerprint density at radius 1 is 1.62 bits per heavy atom. The molecule has 1 saturated heterocycles. The molecule has 0 bridgehead atoms. The summed E-state index contributed by atoms with van der Waals surface area (Å²) in [7, 11) is 0. The predicted octanol–water partition coefficient (Wildman–Crippen LogP) is 1.41. The van der Waals surface area contributed by atoms with Crippen LogP contribution in [0.5, 0.6) is 0 Å². The number of ether oxygens (including phenoxy) is 1. The summed E-state index contributed by atoms with van der Waals surface area (Å²) in [6, 6.07) is 3.08. The van der Waals surface area contributed by atoms with Gasteiger partial charge < -0.3 is 9.30 Å². The van der Waals surface area contributed by atoms with Crippen LogP contribution in [0.4, 0.5) is 0 Å². The number of nitrogens with zero attached hydrogens (tertiary/aromatic N) is 1. The van der Waals surface area contributed by atoms with Gasteiger partial charge in [-0.1, -0.05) is 0 Å². The van der Waals surface area contributed by atoms with Crippen molar-refractivity contribution in [2.45, 2.75) is 25.5 Å². The highest BCUT2D eigenvalue weighted by Gasteiger charge is 2.17. The molecule has 1 aromatic heterocycles. The van der Waals surface area contributed by atoms with E-state index in [9.17, 15) is 9.59 Å². The maximum absolute atomic E-state index is 11.8. The van der Waals surface area contributed by atoms with E-state index in [-0.39, 0.29) is 17.2 Å². The molecule has 4 nitrogen and oxygen atoms in total. The zero-order valence-corrected chi connectivity index (χ0v) is 9.44. The molecule has 1 aromatic rings. The van der Waals surface area contributed by atoms with Crippen molar-refractivity contribution < 1.29 is 9.53 Å². The van der Waals surface area contributed by atoms with Gasteiger partial charge in [-0.3, -0.25) is 9.59 Å². The zero-order chi connectivity index (χ0) is 11.5. The van der Waals surface area contributed by atoms with E-state index in [2.05, 4.69) is 0 Å². The van der Waals surface area contributed by atoms with E-state index in [1.165, 1.54) is 10.6 Å². The van der Waals surface area contributed by atoms with Gasteiger partial charge in [0.15, 0.2) is 0 Å². The molecule has 1 aliphatic heterocycles. The fourth-order valence-corrected chi connectivity index (χ4v) is 1.98. The van der Waals surface area contributed by atoms with Gasteiger partial charge in [-0.25, -0.2) is 0 Å². The maximum Gasteiger partial charge on any atom is 0.262 e. The van der Waals surface area contributed by atoms with Crippen molar-refractivity contribution in [3.63, 3.8) is 0 Å². The zero-order valence-electron chi connectivity index (χ0n) is 8.69. The molecule has 0 amide bonds. The van der Waals surface area contributed by atoms with Gasteiger partial charge in [0.05, 0.1) is 18.2 Å². The van der Waals surface area contributed by atoms with Gasteiger partial charge in [-0.05, 0) is 36.6 Å². The van der Waals surface area contributed by atoms with Gasteiger partial charge in [0.1, 0.15) is 0 Å². The fourth-order valence-electron chi connectivity index (χ4n) is 1.84. The van der Waals surface area contributed by atoms with Gasteiger partial charge in [0, 0.05) is 12.8 Å². The molecule has 1 aliphatic rings. The molecule has 0 spiro atoms. The molecule has 86 valence electrons. The Hall–Kier alpha value is -1.13. The minimum atomic E-state index is -0.716. The largest absolute Gasteiger partial charge is 0.376 e. The van der Waals surface area contributed by atoms with E-state index in [1.807, 2.05) is 0 Å². The lowest BCUT2D eigenvalue weighted by molar-refractivity contribution is 0.0957. The lowest BCUT2D eigenvalue weighted by Gasteiger charge is -2.11. The van der Waals surface area contributed by atoms with Crippen LogP contribution < -0.4 is 5.56 Å². The summed E-state index contributed by atoms with van der Waals surface area (Å²) in [5.74, 6) is 0. The number of carbonyl (C=O) groups is 1. The topological polar surface area (TPSA) is 48.3 Å². The molecule has 0 N–H and O–H groups in total. The minimum absolute atomic E-state index is 0.0159. The van der Waals surface area contributed by atoms with Crippen LogP contribution in [0.2, 0.25) is 0 Å². The van der Waals surface area contributed by atoms with Crippen molar-refractivity contribution in [3.05, 3.63) is 34.2 Å². The van der Waals surface area contributed by atoms with Crippen molar-refractivity contribution in [2.75, 3.05) is 6.61 Å². The molecular formula is C11H12ClNO3. The Balaban J connectivity index is 2.24. The molecule has 1 unspecified atom stereocenters. The second-order valence-corrected chi connectivity index (χ2v) is 4.13. The van der Waals surface area contributed by atoms with Crippen molar-refractivity contribution in [1.29, 1.82) is 0 Å². The highest BCUT2D eigenvalue weighted by molar-refractivity contribution is 6.67. The number of carbonyl (C=O) groups excluding carboxylic acids is 1. The van der Waals surface area contributed by atoms with E-state index in [0.29, 0.717) is 6.54 Å². The van der Waals surface area contributed by atoms with Gasteiger partial charge in [0.25, 0.3) is 10.8 Å². The van der Waals surface area contributed by atoms with Gasteiger partial charge in [0.2, 0.25) is 0 Å². The summed E-state index contributed by atoms with van der Waals surface area (Å²) in [6.45, 7) is 1.23. The summed E-state index contributed by atoms with van der Waals surface area (Å²) < 4.78 is 6.91. The van der Waals surface area contributed by atoms with E-state index in [4.69, 9.17) is 16.3 Å². The summed E-state index contributed by atoms with van der Waals surface area (Å²) in [5, 5.41) is -0.716. The van der Waals surface area contributed by atoms with Crippen LogP contribution in [0.15, 0.2) is 23.1 Å². The monoisotopic (exact) mass is 241 g/mol. The average Bonchev–Trinajstić information content (AvgIpc) is 2.73. The summed E-state index contributed by atoms with van der Waals surface area (Å²) in [5.41, 5.74) is -0.333. The van der Waals surface area contributed by atoms with E-state index < -0.39 is 5.24 Å². The Morgan fingerprint density at radius 3 is 3.06 bits per heavy atom. The number of aromatic nitrogens is 1. The fraction of sp³-hybridized carbons (Fsp3) is 0.455. The first-order chi connectivity index (χ1) is 7.68. The van der Waals surface area contributed by atoms with Crippen LogP contribution in [0, 0.1) is 0 Å². The second kappa shape index (κ2) is 4.80. The Morgan fingerprint density at radius 2 is 2.44 bits per heavy atom. The number of hydrogen-bond donors (Lipinski definition) is 0. The molecule has 0 aliphatic carbocycles. The van der Waals surface area contributed by atoms with E-state index in [0.717, 1.165) is 19.4 Å². The Kier molecular flexibility index (Phi) is 3.41. The minimum Gasteiger partial charge on any atom is -0.376 e. The molecular weight excluding hydrogens is 230 g/mol. The highest BCUT2D eigenvalue weighted by atomic mass is 35.5. The summed E-state index contributed by atoms with van der Waals surface area (Å²) in [4.78, 5) is 22.8. The smallest absolute Gasteiger partial charge is 0.262 e. The SMILES string of the molecule is O=C(Cl)c1cccn(CC2CCCO2)c1=O. The average molecular weight is 242 g/mol. The number of halogens is 1. The molecule has 2 rings (SSSR count). The molecule has 0 aromatic carbocycles. The van der Waals surface area contributed by atoms with Crippen LogP contribution in [0.3, 0.4) is 0 Å². The van der Waals surface area contributed by atoms with Crippen LogP contribution in [0.25, 0.3) is 0 Å². The quantitative estimate of drug-likeness (QED) is 0.752. The first-order valence-electron chi connectivity index (χ1n) is 5.19. The third-order valence-corrected chi connectivity index (χ3v) is 2.86. The Labute approximate surface area is 97.8 Å². The number of rotatable bonds is 3. The van der Waals surface area contributed by atoms with E-state index in [1.54, 1.807) is 12.3 Å². The predicted molar refractivity (Wildman–Crippen MR) is 59.9 cm³/mol. The summed E-state index contributed by atoms with van der Waals surface area (Å²) >= 11 is 5.31. The van der Waals surface area contributed by atoms with Crippen molar-refractivity contribution >= 4 is 16.8 Å². The lowest BCUT2D eigenvalue weighted by atomic mass is 10.2. The van der Waals surface area contributed by atoms with Crippen LogP contribution in [-0.2, 0) is 11.3 Å². The third-order valence-electron chi connectivity index (χ3n) is 2.66. The molecule has 0 radical (unpaired) electrons. The standard InChI is InChI=1S/C11H12ClNO3/c12-10(14)9-4-1-5-13(11(9)15)7-8-3-2-6-16-8/h1,4-5,8H,2-3,6-7H2. The first-order valence-corrected chi connectivity index (χ1v) is 5.57. The molecule has 1 fully saturated rings. The normalized spacial score (nSPS) is 19.9. The molecule has 1 atom stereocenters. The summed E-state index contributed by atoms with van der Waals surface area (Å²) in [6.07, 6.45) is 3.69. The van der Waals surface area contributed by atoms with Gasteiger partial charge >= 0.3 is 0 Å². The number of hydrogen-bond acceptors (Lipinski definition) is 3. The molecule has 16 heavy (non-hydrogen) atoms. The number of pyridine rings is 1. The Bertz CT molecular complexity index is 449. The van der Waals surface area contributed by atoms with E-state index >= 15 is 0 Å². The highest BCUT2D eigenvalue weighted by Crippen LogP contribution is 2.13. The maximum atomic E-state index is 11.8. The molecule has 5 heteroatoms. The van der Waals surface area contributed by atoms with Crippen molar-refractivity contribution in [2.24, 2.45) is 0 Å². The van der Waals surface area contributed by atoms with Gasteiger partial charge in [-0.2, -0.15) is 0 Å². The lowest BCUT2D eigenvalue weighted by Crippen LogP contribution is -2.28. The second-order valence-electron chi connectivity index (χ2n) is 3.79. The third kappa shape index (κ3) is 2.33. The van der Waals surface area contributed by atoms with Crippen LogP contribution in [-0.4, -0.2) is 22.5 Å². The van der Waals surface area contributed by atoms with Crippen LogP contribution in [0.1, 0.15) is 23.2 Å². The van der Waals surface area contributed by atoms with Crippen molar-refractivity contribution in [1.82, 2.24) is 4.57 Å². The van der Waals surface area contributed by atoms with Crippen molar-refractivity contribution in [3.8, 4) is 0 Å².